The Bertz CT molecular complexity index is 1820. The van der Waals surface area contributed by atoms with E-state index in [0.717, 1.165) is 15.2 Å². The molecule has 4 heterocycles. The number of aromatic amines is 1. The van der Waals surface area contributed by atoms with Crippen molar-refractivity contribution in [1.82, 2.24) is 24.4 Å². The average Bonchev–Trinajstić information content (AvgIpc) is 3.78. The summed E-state index contributed by atoms with van der Waals surface area (Å²) >= 11 is 12.3. The van der Waals surface area contributed by atoms with Gasteiger partial charge in [0.05, 0.1) is 35.9 Å². The van der Waals surface area contributed by atoms with Gasteiger partial charge >= 0.3 is 0 Å². The number of carbonyl (C=O) groups is 3. The molecule has 4 fully saturated rings. The van der Waals surface area contributed by atoms with Gasteiger partial charge in [0.25, 0.3) is 5.91 Å². The molecule has 11 nitrogen and oxygen atoms in total. The minimum absolute atomic E-state index is 0.00946. The molecular formula is C31H33Cl2N5O6S. The highest BCUT2D eigenvalue weighted by Gasteiger charge is 2.86. The summed E-state index contributed by atoms with van der Waals surface area (Å²) in [6, 6.07) is 11.2. The summed E-state index contributed by atoms with van der Waals surface area (Å²) in [7, 11) is -4.16. The number of nitrogens with zero attached hydrogens (tertiary/aromatic N) is 3. The van der Waals surface area contributed by atoms with E-state index in [0.29, 0.717) is 18.7 Å². The fourth-order valence-electron chi connectivity index (χ4n) is 7.07. The topological polar surface area (TPSA) is 132 Å². The zero-order chi connectivity index (χ0) is 32.1. The number of carbonyl (C=O) groups excluding carboxylic acids is 3. The first-order chi connectivity index (χ1) is 21.2. The number of fused-ring (bicyclic) bond motifs is 1. The maximum Gasteiger partial charge on any atom is 0.268 e. The Kier molecular flexibility index (Phi) is 7.07. The van der Waals surface area contributed by atoms with Gasteiger partial charge in [-0.15, -0.1) is 0 Å². The van der Waals surface area contributed by atoms with E-state index in [9.17, 15) is 22.8 Å². The van der Waals surface area contributed by atoms with Crippen molar-refractivity contribution in [3.05, 3.63) is 64.3 Å². The second kappa shape index (κ2) is 10.4. The van der Waals surface area contributed by atoms with Crippen molar-refractivity contribution in [2.75, 3.05) is 26.3 Å². The number of likely N-dealkylation sites (tertiary alicyclic amines) is 1. The molecule has 1 spiro atoms. The number of rotatable bonds is 6. The van der Waals surface area contributed by atoms with Crippen molar-refractivity contribution in [3.8, 4) is 0 Å². The maximum absolute atomic E-state index is 14.0. The van der Waals surface area contributed by atoms with Crippen molar-refractivity contribution >= 4 is 61.8 Å². The van der Waals surface area contributed by atoms with Crippen LogP contribution >= 0.6 is 23.2 Å². The number of piperazine rings is 1. The summed E-state index contributed by atoms with van der Waals surface area (Å²) in [5.41, 5.74) is 0.0992. The number of hydrogen-bond acceptors (Lipinski definition) is 6. The number of nitrogens with one attached hydrogen (secondary N) is 2. The highest BCUT2D eigenvalue weighted by Crippen LogP contribution is 2.67. The lowest BCUT2D eigenvalue weighted by atomic mass is 9.85. The molecule has 3 aliphatic heterocycles. The smallest absolute Gasteiger partial charge is 0.268 e. The van der Waals surface area contributed by atoms with Crippen molar-refractivity contribution in [1.29, 1.82) is 0 Å². The number of para-hydroxylation sites is 1. The monoisotopic (exact) mass is 673 g/mol. The van der Waals surface area contributed by atoms with Gasteiger partial charge in [0.15, 0.2) is 0 Å². The third-order valence-electron chi connectivity index (χ3n) is 9.48. The molecule has 1 unspecified atom stereocenters. The van der Waals surface area contributed by atoms with Crippen LogP contribution in [-0.4, -0.2) is 101 Å². The van der Waals surface area contributed by atoms with E-state index in [1.54, 1.807) is 15.9 Å². The number of morpholine rings is 1. The fourth-order valence-corrected chi connectivity index (χ4v) is 9.36. The molecule has 238 valence electrons. The zero-order valence-electron chi connectivity index (χ0n) is 24.9. The lowest BCUT2D eigenvalue weighted by Gasteiger charge is -2.36. The summed E-state index contributed by atoms with van der Waals surface area (Å²) in [5.74, 6) is -0.922. The Labute approximate surface area is 270 Å². The zero-order valence-corrected chi connectivity index (χ0v) is 27.2. The third kappa shape index (κ3) is 4.84. The minimum atomic E-state index is -4.16. The first kappa shape index (κ1) is 30.5. The van der Waals surface area contributed by atoms with Gasteiger partial charge in [0, 0.05) is 29.0 Å². The molecule has 0 radical (unpaired) electrons. The lowest BCUT2D eigenvalue weighted by Crippen LogP contribution is -2.57. The molecule has 2 aromatic carbocycles. The number of sulfonamides is 1. The molecule has 45 heavy (non-hydrogen) atoms. The van der Waals surface area contributed by atoms with Crippen molar-refractivity contribution in [2.24, 2.45) is 5.41 Å². The number of amides is 3. The van der Waals surface area contributed by atoms with Crippen LogP contribution in [-0.2, 0) is 24.3 Å². The summed E-state index contributed by atoms with van der Waals surface area (Å²) in [6.45, 7) is 6.06. The van der Waals surface area contributed by atoms with Crippen molar-refractivity contribution in [2.45, 2.75) is 61.8 Å². The molecule has 0 bridgehead atoms. The number of piperidine rings is 1. The maximum atomic E-state index is 14.0. The van der Waals surface area contributed by atoms with Crippen LogP contribution in [0.2, 0.25) is 10.0 Å². The largest absolute Gasteiger partial charge is 0.378 e. The fraction of sp³-hybridized carbons (Fsp3) is 0.452. The van der Waals surface area contributed by atoms with Crippen LogP contribution < -0.4 is 5.32 Å². The molecule has 1 aromatic heterocycles. The molecule has 4 aliphatic rings. The molecule has 1 saturated carbocycles. The van der Waals surface area contributed by atoms with E-state index in [1.165, 1.54) is 18.2 Å². The number of benzene rings is 2. The number of H-pyrrole nitrogens is 1. The molecule has 3 aromatic rings. The second-order valence-corrected chi connectivity index (χ2v) is 16.0. The number of hydrogen-bond donors (Lipinski definition) is 2. The van der Waals surface area contributed by atoms with Crippen LogP contribution in [0.15, 0.2) is 53.4 Å². The van der Waals surface area contributed by atoms with Gasteiger partial charge < -0.3 is 24.8 Å². The quantitative estimate of drug-likeness (QED) is 0.386. The first-order valence-corrected chi connectivity index (χ1v) is 17.0. The summed E-state index contributed by atoms with van der Waals surface area (Å²) in [5, 5.41) is 4.08. The van der Waals surface area contributed by atoms with E-state index < -0.39 is 33.1 Å². The van der Waals surface area contributed by atoms with Crippen LogP contribution in [0.1, 0.15) is 37.7 Å². The predicted molar refractivity (Wildman–Crippen MR) is 167 cm³/mol. The Balaban J connectivity index is 1.06. The number of aromatic nitrogens is 1. The molecule has 3 amide bonds. The Morgan fingerprint density at radius 3 is 2.53 bits per heavy atom. The Hall–Kier alpha value is -3.16. The van der Waals surface area contributed by atoms with Crippen molar-refractivity contribution in [3.63, 3.8) is 0 Å². The summed E-state index contributed by atoms with van der Waals surface area (Å²) < 4.78 is 34.1. The van der Waals surface area contributed by atoms with E-state index in [4.69, 9.17) is 27.9 Å². The van der Waals surface area contributed by atoms with Crippen molar-refractivity contribution < 1.29 is 27.5 Å². The molecule has 1 aliphatic carbocycles. The van der Waals surface area contributed by atoms with Crippen LogP contribution in [0.3, 0.4) is 0 Å². The standard InChI is InChI=1S/C31H33Cl2N5O6S/c1-30(2,3)26(35-27(39)21-12-17-6-4-5-7-20(17)34-21)29(41)36-15-25-31(14-24(31)36)38(25)28(40)22-16-44-11-10-37(22)45(42,43)23-13-18(32)8-9-19(23)33/h4-9,12-13,22,24-26,34H,10-11,14-16H2,1-3H3,(H,35,39)/t22-,24-,25+,26+,31?,38?/m0/s1. The van der Waals surface area contributed by atoms with Gasteiger partial charge in [0.2, 0.25) is 21.8 Å². The van der Waals surface area contributed by atoms with Crippen LogP contribution in [0.25, 0.3) is 10.9 Å². The van der Waals surface area contributed by atoms with E-state index in [2.05, 4.69) is 10.3 Å². The molecular weight excluding hydrogens is 641 g/mol. The molecule has 7 rings (SSSR count). The molecule has 14 heteroatoms. The normalized spacial score (nSPS) is 26.7. The lowest BCUT2D eigenvalue weighted by molar-refractivity contribution is -0.140. The van der Waals surface area contributed by atoms with Gasteiger partial charge in [-0.25, -0.2) is 8.42 Å². The van der Waals surface area contributed by atoms with Crippen LogP contribution in [0.4, 0.5) is 0 Å². The highest BCUT2D eigenvalue weighted by atomic mass is 35.5. The van der Waals surface area contributed by atoms with E-state index in [-0.39, 0.29) is 64.5 Å². The van der Waals surface area contributed by atoms with Gasteiger partial charge in [-0.05, 0) is 42.2 Å². The second-order valence-electron chi connectivity index (χ2n) is 13.2. The van der Waals surface area contributed by atoms with Crippen LogP contribution in [0, 0.1) is 5.41 Å². The summed E-state index contributed by atoms with van der Waals surface area (Å²) in [4.78, 5) is 47.6. The number of halogens is 2. The Morgan fingerprint density at radius 1 is 1.09 bits per heavy atom. The van der Waals surface area contributed by atoms with Gasteiger partial charge in [-0.3, -0.25) is 14.4 Å². The highest BCUT2D eigenvalue weighted by molar-refractivity contribution is 7.89. The SMILES string of the molecule is CC(C)(C)[C@H](NC(=O)c1cc2ccccc2[nH]1)C(=O)N1C[C@H]2N(C(=O)[C@@H]3COCCN3S(=O)(=O)c3cc(Cl)ccc3Cl)C23C[C@H]13. The van der Waals surface area contributed by atoms with Crippen LogP contribution in [0.5, 0.6) is 0 Å². The molecule has 3 saturated heterocycles. The van der Waals surface area contributed by atoms with Gasteiger partial charge in [0.1, 0.15) is 22.7 Å². The average molecular weight is 675 g/mol. The minimum Gasteiger partial charge on any atom is -0.378 e. The van der Waals surface area contributed by atoms with Gasteiger partial charge in [-0.2, -0.15) is 4.31 Å². The van der Waals surface area contributed by atoms with Gasteiger partial charge in [-0.1, -0.05) is 62.2 Å². The molecule has 2 N–H and O–H groups in total. The van der Waals surface area contributed by atoms with E-state index >= 15 is 0 Å². The Morgan fingerprint density at radius 2 is 1.84 bits per heavy atom. The first-order valence-electron chi connectivity index (χ1n) is 14.8. The third-order valence-corrected chi connectivity index (χ3v) is 12.1. The van der Waals surface area contributed by atoms with E-state index in [1.807, 2.05) is 45.0 Å². The summed E-state index contributed by atoms with van der Waals surface area (Å²) in [6.07, 6.45) is 0.600. The number of ether oxygens (including phenoxy) is 1. The predicted octanol–water partition coefficient (Wildman–Crippen LogP) is 3.27. The molecule has 5 atom stereocenters.